The van der Waals surface area contributed by atoms with Gasteiger partial charge >= 0.3 is 12.1 Å². The molecule has 1 fully saturated rings. The number of halogens is 5. The minimum Gasteiger partial charge on any atom is -0.467 e. The quantitative estimate of drug-likeness (QED) is 0.207. The summed E-state index contributed by atoms with van der Waals surface area (Å²) in [4.78, 5) is 41.0. The van der Waals surface area contributed by atoms with Crippen molar-refractivity contribution in [2.75, 3.05) is 31.8 Å². The monoisotopic (exact) mass is 657 g/mol. The third-order valence-electron chi connectivity index (χ3n) is 8.43. The van der Waals surface area contributed by atoms with E-state index in [0.717, 1.165) is 29.9 Å². The highest BCUT2D eigenvalue weighted by Gasteiger charge is 2.37. The lowest BCUT2D eigenvalue weighted by molar-refractivity contribution is -0.143. The van der Waals surface area contributed by atoms with Crippen LogP contribution in [0.2, 0.25) is 0 Å². The number of hydrogen-bond donors (Lipinski definition) is 1. The van der Waals surface area contributed by atoms with E-state index in [4.69, 9.17) is 9.47 Å². The second kappa shape index (κ2) is 13.1. The van der Waals surface area contributed by atoms with Gasteiger partial charge in [-0.15, -0.1) is 0 Å². The maximum absolute atomic E-state index is 15.2. The van der Waals surface area contributed by atoms with Crippen LogP contribution in [0.5, 0.6) is 0 Å². The molecule has 47 heavy (non-hydrogen) atoms. The zero-order chi connectivity index (χ0) is 34.2. The van der Waals surface area contributed by atoms with Crippen LogP contribution in [0.1, 0.15) is 34.1 Å². The average Bonchev–Trinajstić information content (AvgIpc) is 3.02. The topological polar surface area (TPSA) is 89.9 Å². The van der Waals surface area contributed by atoms with Gasteiger partial charge in [0, 0.05) is 37.4 Å². The first-order valence-electron chi connectivity index (χ1n) is 14.7. The zero-order valence-corrected chi connectivity index (χ0v) is 26.0. The Morgan fingerprint density at radius 3 is 2.34 bits per heavy atom. The molecule has 4 aromatic rings. The second-order valence-corrected chi connectivity index (χ2v) is 11.4. The van der Waals surface area contributed by atoms with Crippen LogP contribution in [0, 0.1) is 18.6 Å². The number of carbonyl (C=O) groups is 2. The van der Waals surface area contributed by atoms with E-state index in [9.17, 15) is 27.6 Å². The van der Waals surface area contributed by atoms with Crippen LogP contribution in [-0.4, -0.2) is 55.4 Å². The van der Waals surface area contributed by atoms with Gasteiger partial charge in [-0.05, 0) is 53.9 Å². The van der Waals surface area contributed by atoms with Crippen LogP contribution in [0.3, 0.4) is 0 Å². The summed E-state index contributed by atoms with van der Waals surface area (Å²) in [5.74, 6) is -4.38. The normalized spacial score (nSPS) is 15.9. The number of ether oxygens (including phenoxy) is 2. The SMILES string of the molecule is COC(=O)[C@H](Cc1ccc(-c2c(C(F)(F)F)cc(C)n(C)c2=O)c2ccccc12)NC(=O)c1c(F)cc(N2CCOC[C@@H]2C)cc1F. The van der Waals surface area contributed by atoms with E-state index >= 15 is 8.78 Å². The molecule has 0 aliphatic carbocycles. The van der Waals surface area contributed by atoms with Gasteiger partial charge in [-0.1, -0.05) is 36.4 Å². The first kappa shape index (κ1) is 33.6. The van der Waals surface area contributed by atoms with Crippen LogP contribution in [0.25, 0.3) is 21.9 Å². The summed E-state index contributed by atoms with van der Waals surface area (Å²) in [7, 11) is 2.46. The summed E-state index contributed by atoms with van der Waals surface area (Å²) >= 11 is 0. The van der Waals surface area contributed by atoms with Crippen molar-refractivity contribution in [3.63, 3.8) is 0 Å². The van der Waals surface area contributed by atoms with E-state index in [1.807, 2.05) is 6.92 Å². The number of fused-ring (bicyclic) bond motifs is 1. The smallest absolute Gasteiger partial charge is 0.417 e. The minimum absolute atomic E-state index is 0.0229. The number of aromatic nitrogens is 1. The fourth-order valence-electron chi connectivity index (χ4n) is 5.90. The zero-order valence-electron chi connectivity index (χ0n) is 26.0. The molecular formula is C34H32F5N3O5. The highest BCUT2D eigenvalue weighted by atomic mass is 19.4. The summed E-state index contributed by atoms with van der Waals surface area (Å²) < 4.78 is 84.3. The van der Waals surface area contributed by atoms with Gasteiger partial charge in [0.15, 0.2) is 0 Å². The van der Waals surface area contributed by atoms with Crippen molar-refractivity contribution < 1.29 is 41.0 Å². The minimum atomic E-state index is -4.82. The Morgan fingerprint density at radius 1 is 1.06 bits per heavy atom. The lowest BCUT2D eigenvalue weighted by atomic mass is 9.90. The molecule has 3 aromatic carbocycles. The van der Waals surface area contributed by atoms with Crippen molar-refractivity contribution in [3.05, 3.63) is 99.0 Å². The molecule has 8 nitrogen and oxygen atoms in total. The number of nitrogens with one attached hydrogen (secondary N) is 1. The molecule has 1 amide bonds. The maximum Gasteiger partial charge on any atom is 0.417 e. The summed E-state index contributed by atoms with van der Waals surface area (Å²) in [6.45, 7) is 4.38. The van der Waals surface area contributed by atoms with E-state index in [1.165, 1.54) is 26.1 Å². The number of amides is 1. The van der Waals surface area contributed by atoms with E-state index in [0.29, 0.717) is 30.7 Å². The Kier molecular flexibility index (Phi) is 9.39. The Labute approximate surface area is 266 Å². The lowest BCUT2D eigenvalue weighted by Crippen LogP contribution is -2.44. The molecule has 1 aromatic heterocycles. The van der Waals surface area contributed by atoms with Gasteiger partial charge in [0.05, 0.1) is 31.5 Å². The number of alkyl halides is 3. The largest absolute Gasteiger partial charge is 0.467 e. The third kappa shape index (κ3) is 6.57. The standard InChI is InChI=1S/C34H32F5N3O5/c1-18-13-25(34(37,38)39)29(32(44)41(18)3)24-10-9-20(22-7-5-6-8-23(22)24)14-28(33(45)46-4)40-31(43)30-26(35)15-21(16-27(30)36)42-11-12-47-17-19(42)2/h5-10,13,15-16,19,28H,11-12,14,17H2,1-4H3,(H,40,43)/t19-,28-/m0/s1. The summed E-state index contributed by atoms with van der Waals surface area (Å²) in [5, 5.41) is 3.04. The number of esters is 1. The van der Waals surface area contributed by atoms with Gasteiger partial charge in [-0.2, -0.15) is 13.2 Å². The van der Waals surface area contributed by atoms with Gasteiger partial charge in [-0.3, -0.25) is 9.59 Å². The molecular weight excluding hydrogens is 625 g/mol. The molecule has 2 atom stereocenters. The number of pyridine rings is 1. The van der Waals surface area contributed by atoms with Crippen molar-refractivity contribution in [2.24, 2.45) is 7.05 Å². The highest BCUT2D eigenvalue weighted by molar-refractivity contribution is 6.00. The molecule has 1 saturated heterocycles. The Balaban J connectivity index is 1.51. The molecule has 0 spiro atoms. The van der Waals surface area contributed by atoms with Gasteiger partial charge in [0.2, 0.25) is 0 Å². The third-order valence-corrected chi connectivity index (χ3v) is 8.43. The predicted molar refractivity (Wildman–Crippen MR) is 165 cm³/mol. The average molecular weight is 658 g/mol. The second-order valence-electron chi connectivity index (χ2n) is 11.4. The first-order valence-corrected chi connectivity index (χ1v) is 14.7. The van der Waals surface area contributed by atoms with Crippen molar-refractivity contribution in [1.82, 2.24) is 9.88 Å². The number of aryl methyl sites for hydroxylation is 1. The number of morpholine rings is 1. The fraction of sp³-hybridized carbons (Fsp3) is 0.324. The number of carbonyl (C=O) groups excluding carboxylic acids is 2. The van der Waals surface area contributed by atoms with Crippen molar-refractivity contribution in [2.45, 2.75) is 38.5 Å². The fourth-order valence-corrected chi connectivity index (χ4v) is 5.90. The Hall–Kier alpha value is -4.78. The number of methoxy groups -OCH3 is 1. The molecule has 1 N–H and O–H groups in total. The Bertz CT molecular complexity index is 1900. The highest BCUT2D eigenvalue weighted by Crippen LogP contribution is 2.39. The molecule has 1 aliphatic heterocycles. The summed E-state index contributed by atoms with van der Waals surface area (Å²) in [5.41, 5.74) is -2.57. The van der Waals surface area contributed by atoms with Crippen LogP contribution in [-0.2, 0) is 33.9 Å². The molecule has 248 valence electrons. The predicted octanol–water partition coefficient (Wildman–Crippen LogP) is 5.55. The van der Waals surface area contributed by atoms with Crippen molar-refractivity contribution in [1.29, 1.82) is 0 Å². The van der Waals surface area contributed by atoms with E-state index in [1.54, 1.807) is 29.2 Å². The summed E-state index contributed by atoms with van der Waals surface area (Å²) in [6, 6.07) is 10.6. The molecule has 0 saturated carbocycles. The lowest BCUT2D eigenvalue weighted by Gasteiger charge is -2.35. The molecule has 2 heterocycles. The van der Waals surface area contributed by atoms with Gasteiger partial charge < -0.3 is 24.3 Å². The van der Waals surface area contributed by atoms with Crippen molar-refractivity contribution in [3.8, 4) is 11.1 Å². The number of anilines is 1. The van der Waals surface area contributed by atoms with Crippen LogP contribution >= 0.6 is 0 Å². The molecule has 0 bridgehead atoms. The molecule has 13 heteroatoms. The van der Waals surface area contributed by atoms with E-state index in [-0.39, 0.29) is 34.8 Å². The molecule has 0 radical (unpaired) electrons. The van der Waals surface area contributed by atoms with E-state index < -0.39 is 58.0 Å². The maximum atomic E-state index is 15.2. The van der Waals surface area contributed by atoms with Crippen molar-refractivity contribution >= 4 is 28.3 Å². The molecule has 0 unspecified atom stereocenters. The van der Waals surface area contributed by atoms with Crippen LogP contribution in [0.4, 0.5) is 27.6 Å². The first-order chi connectivity index (χ1) is 22.2. The molecule has 1 aliphatic rings. The van der Waals surface area contributed by atoms with Gasteiger partial charge in [0.25, 0.3) is 11.5 Å². The van der Waals surface area contributed by atoms with E-state index in [2.05, 4.69) is 5.32 Å². The number of rotatable bonds is 7. The number of benzene rings is 3. The number of nitrogens with zero attached hydrogens (tertiary/aromatic N) is 2. The summed E-state index contributed by atoms with van der Waals surface area (Å²) in [6.07, 6.45) is -5.07. The number of hydrogen-bond acceptors (Lipinski definition) is 6. The van der Waals surface area contributed by atoms with Gasteiger partial charge in [0.1, 0.15) is 23.2 Å². The molecule has 5 rings (SSSR count). The van der Waals surface area contributed by atoms with Crippen LogP contribution in [0.15, 0.2) is 59.4 Å². The van der Waals surface area contributed by atoms with Crippen LogP contribution < -0.4 is 15.8 Å². The Morgan fingerprint density at radius 2 is 1.72 bits per heavy atom. The van der Waals surface area contributed by atoms with Gasteiger partial charge in [-0.25, -0.2) is 13.6 Å².